The van der Waals surface area contributed by atoms with Gasteiger partial charge >= 0.3 is 0 Å². The fourth-order valence-corrected chi connectivity index (χ4v) is 2.87. The number of anilines is 1. The standard InChI is InChI=1S/C19H18FNO3/c1-12-11-21(16-7-4-6-15(20)18(16)23-12)19(22)14-5-2-3-8-17(14)24-13-9-10-13/h2-8,12-13H,9-11H2,1H3. The van der Waals surface area contributed by atoms with Gasteiger partial charge < -0.3 is 14.4 Å². The Bertz CT molecular complexity index is 788. The quantitative estimate of drug-likeness (QED) is 0.861. The summed E-state index contributed by atoms with van der Waals surface area (Å²) in [6, 6.07) is 11.8. The summed E-state index contributed by atoms with van der Waals surface area (Å²) < 4.78 is 25.5. The molecule has 1 fully saturated rings. The Balaban J connectivity index is 1.72. The second-order valence-electron chi connectivity index (χ2n) is 6.25. The van der Waals surface area contributed by atoms with Crippen LogP contribution in [-0.2, 0) is 0 Å². The smallest absolute Gasteiger partial charge is 0.262 e. The third-order valence-corrected chi connectivity index (χ3v) is 4.18. The number of carbonyl (C=O) groups is 1. The zero-order chi connectivity index (χ0) is 16.7. The molecular weight excluding hydrogens is 309 g/mol. The molecule has 24 heavy (non-hydrogen) atoms. The van der Waals surface area contributed by atoms with E-state index >= 15 is 0 Å². The summed E-state index contributed by atoms with van der Waals surface area (Å²) in [7, 11) is 0. The van der Waals surface area contributed by atoms with Crippen molar-refractivity contribution in [2.24, 2.45) is 0 Å². The van der Waals surface area contributed by atoms with E-state index in [2.05, 4.69) is 0 Å². The molecule has 2 aliphatic rings. The summed E-state index contributed by atoms with van der Waals surface area (Å²) in [4.78, 5) is 14.7. The SMILES string of the molecule is CC1CN(C(=O)c2ccccc2OC2CC2)c2cccc(F)c2O1. The zero-order valence-corrected chi connectivity index (χ0v) is 13.4. The van der Waals surface area contributed by atoms with E-state index in [0.29, 0.717) is 23.5 Å². The highest BCUT2D eigenvalue weighted by Crippen LogP contribution is 2.37. The Kier molecular flexibility index (Phi) is 3.63. The molecule has 1 aliphatic carbocycles. The molecule has 1 saturated carbocycles. The number of fused-ring (bicyclic) bond motifs is 1. The van der Waals surface area contributed by atoms with Gasteiger partial charge in [0, 0.05) is 0 Å². The molecular formula is C19H18FNO3. The third kappa shape index (κ3) is 2.70. The molecule has 1 unspecified atom stereocenters. The number of rotatable bonds is 3. The lowest BCUT2D eigenvalue weighted by molar-refractivity contribution is 0.0955. The molecule has 0 N–H and O–H groups in total. The fraction of sp³-hybridized carbons (Fsp3) is 0.316. The minimum absolute atomic E-state index is 0.130. The topological polar surface area (TPSA) is 38.8 Å². The Morgan fingerprint density at radius 2 is 2.00 bits per heavy atom. The molecule has 1 amide bonds. The van der Waals surface area contributed by atoms with Gasteiger partial charge in [-0.1, -0.05) is 18.2 Å². The average molecular weight is 327 g/mol. The van der Waals surface area contributed by atoms with E-state index in [1.165, 1.54) is 6.07 Å². The first kappa shape index (κ1) is 15.0. The van der Waals surface area contributed by atoms with Crippen LogP contribution in [-0.4, -0.2) is 24.7 Å². The van der Waals surface area contributed by atoms with E-state index in [1.54, 1.807) is 23.1 Å². The molecule has 1 aliphatic heterocycles. The molecule has 0 radical (unpaired) electrons. The molecule has 2 aromatic carbocycles. The van der Waals surface area contributed by atoms with E-state index < -0.39 is 5.82 Å². The Morgan fingerprint density at radius 3 is 2.79 bits per heavy atom. The molecule has 1 heterocycles. The molecule has 0 saturated heterocycles. The van der Waals surface area contributed by atoms with Crippen LogP contribution in [0.5, 0.6) is 11.5 Å². The van der Waals surface area contributed by atoms with Crippen molar-refractivity contribution in [2.75, 3.05) is 11.4 Å². The van der Waals surface area contributed by atoms with E-state index in [9.17, 15) is 9.18 Å². The van der Waals surface area contributed by atoms with Crippen molar-refractivity contribution < 1.29 is 18.7 Å². The number of hydrogen-bond donors (Lipinski definition) is 0. The normalized spacial score (nSPS) is 19.4. The van der Waals surface area contributed by atoms with Gasteiger partial charge in [-0.3, -0.25) is 4.79 Å². The van der Waals surface area contributed by atoms with Crippen molar-refractivity contribution >= 4 is 11.6 Å². The van der Waals surface area contributed by atoms with Gasteiger partial charge in [-0.2, -0.15) is 0 Å². The van der Waals surface area contributed by atoms with Crippen LogP contribution in [0.15, 0.2) is 42.5 Å². The lowest BCUT2D eigenvalue weighted by Gasteiger charge is -2.33. The summed E-state index contributed by atoms with van der Waals surface area (Å²) >= 11 is 0. The highest BCUT2D eigenvalue weighted by molar-refractivity contribution is 6.08. The zero-order valence-electron chi connectivity index (χ0n) is 13.4. The van der Waals surface area contributed by atoms with Crippen molar-refractivity contribution in [3.8, 4) is 11.5 Å². The highest BCUT2D eigenvalue weighted by Gasteiger charge is 2.32. The lowest BCUT2D eigenvalue weighted by Crippen LogP contribution is -2.42. The summed E-state index contributed by atoms with van der Waals surface area (Å²) in [5, 5.41) is 0. The van der Waals surface area contributed by atoms with Gasteiger partial charge in [-0.05, 0) is 44.0 Å². The van der Waals surface area contributed by atoms with Gasteiger partial charge in [-0.15, -0.1) is 0 Å². The molecule has 0 aromatic heterocycles. The van der Waals surface area contributed by atoms with Gasteiger partial charge in [0.15, 0.2) is 11.6 Å². The molecule has 4 nitrogen and oxygen atoms in total. The van der Waals surface area contributed by atoms with E-state index in [1.807, 2.05) is 25.1 Å². The third-order valence-electron chi connectivity index (χ3n) is 4.18. The van der Waals surface area contributed by atoms with Crippen LogP contribution in [0.25, 0.3) is 0 Å². The minimum Gasteiger partial charge on any atom is -0.490 e. The number of halogens is 1. The van der Waals surface area contributed by atoms with Gasteiger partial charge in [0.05, 0.1) is 23.9 Å². The molecule has 2 aromatic rings. The van der Waals surface area contributed by atoms with Crippen LogP contribution in [0.2, 0.25) is 0 Å². The van der Waals surface area contributed by atoms with E-state index in [-0.39, 0.29) is 23.9 Å². The van der Waals surface area contributed by atoms with Gasteiger partial charge in [0.1, 0.15) is 11.9 Å². The second kappa shape index (κ2) is 5.82. The number of carbonyl (C=O) groups excluding carboxylic acids is 1. The fourth-order valence-electron chi connectivity index (χ4n) is 2.87. The van der Waals surface area contributed by atoms with E-state index in [0.717, 1.165) is 12.8 Å². The summed E-state index contributed by atoms with van der Waals surface area (Å²) in [6.45, 7) is 2.19. The Labute approximate surface area is 139 Å². The van der Waals surface area contributed by atoms with Crippen molar-refractivity contribution in [1.82, 2.24) is 0 Å². The van der Waals surface area contributed by atoms with Crippen LogP contribution >= 0.6 is 0 Å². The largest absolute Gasteiger partial charge is 0.490 e. The maximum Gasteiger partial charge on any atom is 0.262 e. The first-order valence-electron chi connectivity index (χ1n) is 8.16. The Morgan fingerprint density at radius 1 is 1.21 bits per heavy atom. The van der Waals surface area contributed by atoms with Gasteiger partial charge in [0.25, 0.3) is 5.91 Å². The number of hydrogen-bond acceptors (Lipinski definition) is 3. The number of ether oxygens (including phenoxy) is 2. The van der Waals surface area contributed by atoms with Crippen LogP contribution < -0.4 is 14.4 Å². The molecule has 5 heteroatoms. The predicted octanol–water partition coefficient (Wildman–Crippen LogP) is 3.79. The average Bonchev–Trinajstić information content (AvgIpc) is 3.39. The predicted molar refractivity (Wildman–Crippen MR) is 88.3 cm³/mol. The van der Waals surface area contributed by atoms with Crippen LogP contribution in [0.1, 0.15) is 30.1 Å². The van der Waals surface area contributed by atoms with Crippen LogP contribution in [0, 0.1) is 5.82 Å². The van der Waals surface area contributed by atoms with Crippen LogP contribution in [0.3, 0.4) is 0 Å². The second-order valence-corrected chi connectivity index (χ2v) is 6.25. The number of benzene rings is 2. The van der Waals surface area contributed by atoms with E-state index in [4.69, 9.17) is 9.47 Å². The molecule has 0 spiro atoms. The summed E-state index contributed by atoms with van der Waals surface area (Å²) in [6.07, 6.45) is 1.96. The molecule has 124 valence electrons. The first-order valence-corrected chi connectivity index (χ1v) is 8.16. The van der Waals surface area contributed by atoms with Gasteiger partial charge in [0.2, 0.25) is 0 Å². The maximum absolute atomic E-state index is 14.1. The molecule has 1 atom stereocenters. The highest BCUT2D eigenvalue weighted by atomic mass is 19.1. The van der Waals surface area contributed by atoms with Crippen molar-refractivity contribution in [3.05, 3.63) is 53.8 Å². The maximum atomic E-state index is 14.1. The van der Waals surface area contributed by atoms with Crippen molar-refractivity contribution in [3.63, 3.8) is 0 Å². The molecule has 0 bridgehead atoms. The lowest BCUT2D eigenvalue weighted by atomic mass is 10.1. The first-order chi connectivity index (χ1) is 11.6. The van der Waals surface area contributed by atoms with Crippen molar-refractivity contribution in [1.29, 1.82) is 0 Å². The minimum atomic E-state index is -0.459. The number of nitrogens with zero attached hydrogens (tertiary/aromatic N) is 1. The number of para-hydroxylation sites is 2. The van der Waals surface area contributed by atoms with Gasteiger partial charge in [-0.25, -0.2) is 4.39 Å². The molecule has 4 rings (SSSR count). The Hall–Kier alpha value is -2.56. The summed E-state index contributed by atoms with van der Waals surface area (Å²) in [5.41, 5.74) is 0.952. The number of amides is 1. The monoisotopic (exact) mass is 327 g/mol. The van der Waals surface area contributed by atoms with Crippen LogP contribution in [0.4, 0.5) is 10.1 Å². The van der Waals surface area contributed by atoms with Crippen molar-refractivity contribution in [2.45, 2.75) is 32.0 Å². The summed E-state index contributed by atoms with van der Waals surface area (Å²) in [5.74, 6) is 0.0555.